The quantitative estimate of drug-likeness (QED) is 0.835. The molecule has 4 rings (SSSR count). The van der Waals surface area contributed by atoms with Gasteiger partial charge in [-0.3, -0.25) is 9.78 Å². The lowest BCUT2D eigenvalue weighted by Gasteiger charge is -2.52. The molecule has 2 aliphatic rings. The zero-order valence-electron chi connectivity index (χ0n) is 15.1. The van der Waals surface area contributed by atoms with Crippen LogP contribution in [0.2, 0.25) is 0 Å². The highest BCUT2D eigenvalue weighted by atomic mass is 16.5. The predicted molar refractivity (Wildman–Crippen MR) is 92.6 cm³/mol. The van der Waals surface area contributed by atoms with E-state index in [0.29, 0.717) is 32.0 Å². The molecule has 1 atom stereocenters. The lowest BCUT2D eigenvalue weighted by atomic mass is 9.84. The summed E-state index contributed by atoms with van der Waals surface area (Å²) >= 11 is 0. The van der Waals surface area contributed by atoms with E-state index in [2.05, 4.69) is 10.1 Å². The smallest absolute Gasteiger partial charge is 0.292 e. The maximum atomic E-state index is 12.4. The van der Waals surface area contributed by atoms with Crippen LogP contribution < -0.4 is 0 Å². The van der Waals surface area contributed by atoms with Crippen molar-refractivity contribution in [1.29, 1.82) is 0 Å². The molecule has 2 fully saturated rings. The Kier molecular flexibility index (Phi) is 4.50. The number of hydrogen-bond donors (Lipinski definition) is 0. The molecular formula is C19H23N3O4. The van der Waals surface area contributed by atoms with E-state index >= 15 is 0 Å². The van der Waals surface area contributed by atoms with E-state index in [9.17, 15) is 4.79 Å². The van der Waals surface area contributed by atoms with Gasteiger partial charge in [-0.1, -0.05) is 11.2 Å². The summed E-state index contributed by atoms with van der Waals surface area (Å²) < 4.78 is 17.1. The third-order valence-corrected chi connectivity index (χ3v) is 4.94. The molecule has 1 amide bonds. The average Bonchev–Trinajstić information content (AvgIpc) is 3.04. The average molecular weight is 357 g/mol. The summed E-state index contributed by atoms with van der Waals surface area (Å²) in [6.07, 6.45) is 1.77. The molecule has 2 aromatic rings. The monoisotopic (exact) mass is 357 g/mol. The van der Waals surface area contributed by atoms with Crippen LogP contribution in [0.3, 0.4) is 0 Å². The summed E-state index contributed by atoms with van der Waals surface area (Å²) in [5.41, 5.74) is 2.34. The van der Waals surface area contributed by atoms with Crippen LogP contribution in [0.4, 0.5) is 0 Å². The fraction of sp³-hybridized carbons (Fsp3) is 0.526. The fourth-order valence-electron chi connectivity index (χ4n) is 3.64. The summed E-state index contributed by atoms with van der Waals surface area (Å²) in [6.45, 7) is 6.05. The maximum Gasteiger partial charge on any atom is 0.292 e. The third-order valence-electron chi connectivity index (χ3n) is 4.94. The van der Waals surface area contributed by atoms with E-state index in [4.69, 9.17) is 14.0 Å². The first-order chi connectivity index (χ1) is 12.5. The zero-order valence-corrected chi connectivity index (χ0v) is 15.1. The molecule has 7 heteroatoms. The van der Waals surface area contributed by atoms with Crippen molar-refractivity contribution in [1.82, 2.24) is 15.0 Å². The van der Waals surface area contributed by atoms with Crippen LogP contribution in [0.15, 0.2) is 28.8 Å². The number of pyridine rings is 1. The second-order valence-corrected chi connectivity index (χ2v) is 7.22. The molecule has 138 valence electrons. The lowest BCUT2D eigenvalue weighted by Crippen LogP contribution is -2.67. The first-order valence-corrected chi connectivity index (χ1v) is 8.94. The van der Waals surface area contributed by atoms with E-state index in [1.54, 1.807) is 17.9 Å². The van der Waals surface area contributed by atoms with Gasteiger partial charge in [-0.25, -0.2) is 0 Å². The molecular weight excluding hydrogens is 334 g/mol. The van der Waals surface area contributed by atoms with Gasteiger partial charge in [0.15, 0.2) is 0 Å². The normalized spacial score (nSPS) is 21.6. The van der Waals surface area contributed by atoms with Gasteiger partial charge in [0, 0.05) is 24.8 Å². The number of nitrogens with zero attached hydrogens (tertiary/aromatic N) is 3. The van der Waals surface area contributed by atoms with Crippen LogP contribution >= 0.6 is 0 Å². The number of ether oxygens (including phenoxy) is 2. The summed E-state index contributed by atoms with van der Waals surface area (Å²) in [6, 6.07) is 7.61. The van der Waals surface area contributed by atoms with Crippen LogP contribution in [-0.4, -0.2) is 52.3 Å². The Balaban J connectivity index is 1.31. The molecule has 0 aromatic carbocycles. The highest BCUT2D eigenvalue weighted by Crippen LogP contribution is 2.36. The van der Waals surface area contributed by atoms with Gasteiger partial charge in [0.2, 0.25) is 5.76 Å². The van der Waals surface area contributed by atoms with Crippen LogP contribution in [0.1, 0.15) is 40.5 Å². The molecule has 2 aliphatic heterocycles. The van der Waals surface area contributed by atoms with Crippen molar-refractivity contribution in [3.05, 3.63) is 47.1 Å². The van der Waals surface area contributed by atoms with Crippen molar-refractivity contribution in [2.45, 2.75) is 45.0 Å². The second kappa shape index (κ2) is 6.81. The number of amides is 1. The summed E-state index contributed by atoms with van der Waals surface area (Å²) in [5.74, 6) is 0.151. The molecule has 0 unspecified atom stereocenters. The number of aryl methyl sites for hydroxylation is 2. The number of rotatable bonds is 4. The highest BCUT2D eigenvalue weighted by Gasteiger charge is 2.50. The highest BCUT2D eigenvalue weighted by molar-refractivity contribution is 5.92. The first kappa shape index (κ1) is 17.2. The van der Waals surface area contributed by atoms with Gasteiger partial charge < -0.3 is 18.9 Å². The van der Waals surface area contributed by atoms with Crippen molar-refractivity contribution in [2.24, 2.45) is 0 Å². The zero-order chi connectivity index (χ0) is 18.1. The molecule has 1 spiro atoms. The number of aromatic nitrogens is 2. The molecule has 2 aromatic heterocycles. The molecule has 0 bridgehead atoms. The largest absolute Gasteiger partial charge is 0.372 e. The minimum Gasteiger partial charge on any atom is -0.372 e. The summed E-state index contributed by atoms with van der Waals surface area (Å²) in [7, 11) is 0. The summed E-state index contributed by atoms with van der Waals surface area (Å²) in [5, 5.41) is 3.77. The maximum absolute atomic E-state index is 12.4. The Morgan fingerprint density at radius 2 is 2.19 bits per heavy atom. The molecule has 0 aliphatic carbocycles. The Hall–Kier alpha value is -2.25. The van der Waals surface area contributed by atoms with Crippen molar-refractivity contribution < 1.29 is 18.8 Å². The van der Waals surface area contributed by atoms with Crippen molar-refractivity contribution >= 4 is 5.91 Å². The molecule has 4 heterocycles. The van der Waals surface area contributed by atoms with Gasteiger partial charge in [-0.2, -0.15) is 0 Å². The molecule has 0 saturated carbocycles. The van der Waals surface area contributed by atoms with Gasteiger partial charge in [0.05, 0.1) is 37.2 Å². The van der Waals surface area contributed by atoms with E-state index in [1.807, 2.05) is 25.1 Å². The second-order valence-electron chi connectivity index (χ2n) is 7.22. The molecule has 7 nitrogen and oxygen atoms in total. The lowest BCUT2D eigenvalue weighted by molar-refractivity contribution is -0.188. The van der Waals surface area contributed by atoms with Crippen LogP contribution in [0.5, 0.6) is 0 Å². The SMILES string of the molecule is Cc1cc(C(=O)N2CC3(C[C@H](OCc4cccc(C)n4)CCO3)C2)on1. The molecule has 26 heavy (non-hydrogen) atoms. The first-order valence-electron chi connectivity index (χ1n) is 8.94. The Labute approximate surface area is 152 Å². The van der Waals surface area contributed by atoms with E-state index in [0.717, 1.165) is 24.2 Å². The van der Waals surface area contributed by atoms with Crippen molar-refractivity contribution in [3.8, 4) is 0 Å². The standard InChI is InChI=1S/C19H23N3O4/c1-13-4-3-5-15(20-13)10-24-16-6-7-25-19(9-16)11-22(12-19)18(23)17-8-14(2)21-26-17/h3-5,8,16H,6-7,9-12H2,1-2H3/t16-/m1/s1. The summed E-state index contributed by atoms with van der Waals surface area (Å²) in [4.78, 5) is 18.6. The minimum absolute atomic E-state index is 0.121. The van der Waals surface area contributed by atoms with Crippen LogP contribution in [0, 0.1) is 13.8 Å². The van der Waals surface area contributed by atoms with Crippen LogP contribution in [-0.2, 0) is 16.1 Å². The molecule has 0 N–H and O–H groups in total. The van der Waals surface area contributed by atoms with E-state index in [1.165, 1.54) is 0 Å². The fourth-order valence-corrected chi connectivity index (χ4v) is 3.64. The van der Waals surface area contributed by atoms with Gasteiger partial charge in [-0.15, -0.1) is 0 Å². The van der Waals surface area contributed by atoms with Gasteiger partial charge in [-0.05, 0) is 32.4 Å². The van der Waals surface area contributed by atoms with Crippen molar-refractivity contribution in [3.63, 3.8) is 0 Å². The molecule has 2 saturated heterocycles. The van der Waals surface area contributed by atoms with Gasteiger partial charge in [0.1, 0.15) is 5.60 Å². The topological polar surface area (TPSA) is 77.7 Å². The number of carbonyl (C=O) groups excluding carboxylic acids is 1. The van der Waals surface area contributed by atoms with Gasteiger partial charge in [0.25, 0.3) is 5.91 Å². The Bertz CT molecular complexity index is 798. The number of likely N-dealkylation sites (tertiary alicyclic amines) is 1. The number of hydrogen-bond acceptors (Lipinski definition) is 6. The van der Waals surface area contributed by atoms with Crippen molar-refractivity contribution in [2.75, 3.05) is 19.7 Å². The van der Waals surface area contributed by atoms with Gasteiger partial charge >= 0.3 is 0 Å². The predicted octanol–water partition coefficient (Wildman–Crippen LogP) is 2.28. The van der Waals surface area contributed by atoms with E-state index in [-0.39, 0.29) is 23.4 Å². The van der Waals surface area contributed by atoms with E-state index < -0.39 is 0 Å². The Morgan fingerprint density at radius 1 is 1.35 bits per heavy atom. The van der Waals surface area contributed by atoms with Crippen LogP contribution in [0.25, 0.3) is 0 Å². The Morgan fingerprint density at radius 3 is 2.92 bits per heavy atom. The molecule has 0 radical (unpaired) electrons. The third kappa shape index (κ3) is 3.50. The minimum atomic E-state index is -0.298. The number of carbonyl (C=O) groups is 1.